The number of halogens is 3. The summed E-state index contributed by atoms with van der Waals surface area (Å²) in [7, 11) is 0. The smallest absolute Gasteiger partial charge is 0.369 e. The highest BCUT2D eigenvalue weighted by Gasteiger charge is 2.76. The van der Waals surface area contributed by atoms with Gasteiger partial charge in [-0.25, -0.2) is 4.90 Å². The fourth-order valence-electron chi connectivity index (χ4n) is 5.20. The van der Waals surface area contributed by atoms with E-state index < -0.39 is 64.0 Å². The van der Waals surface area contributed by atoms with Gasteiger partial charge in [0.1, 0.15) is 0 Å². The van der Waals surface area contributed by atoms with E-state index >= 15 is 0 Å². The number of alkyl halides is 3. The summed E-state index contributed by atoms with van der Waals surface area (Å²) >= 11 is 0. The SMILES string of the molecule is CC12C[C@@H](C(N)=O)C(C)(O1)[C@@H]1C(=O)N(c3ccc(C#N)c(C(F)(F)F)c3)C(=O)[C@@H]12. The van der Waals surface area contributed by atoms with Gasteiger partial charge in [0.05, 0.1) is 51.8 Å². The lowest BCUT2D eigenvalue weighted by Gasteiger charge is -2.33. The minimum atomic E-state index is -4.83. The molecule has 2 unspecified atom stereocenters. The number of amides is 3. The molecule has 2 bridgehead atoms. The van der Waals surface area contributed by atoms with Crippen LogP contribution in [0.4, 0.5) is 18.9 Å². The van der Waals surface area contributed by atoms with Crippen molar-refractivity contribution in [3.63, 3.8) is 0 Å². The minimum Gasteiger partial charge on any atom is -0.369 e. The van der Waals surface area contributed by atoms with E-state index in [1.165, 1.54) is 13.0 Å². The van der Waals surface area contributed by atoms with Gasteiger partial charge in [0, 0.05) is 0 Å². The summed E-state index contributed by atoms with van der Waals surface area (Å²) in [4.78, 5) is 38.8. The lowest BCUT2D eigenvalue weighted by molar-refractivity contribution is -0.138. The van der Waals surface area contributed by atoms with Crippen molar-refractivity contribution in [1.82, 2.24) is 0 Å². The molecule has 1 aromatic carbocycles. The van der Waals surface area contributed by atoms with Crippen LogP contribution in [-0.2, 0) is 25.3 Å². The van der Waals surface area contributed by atoms with Crippen LogP contribution in [0.15, 0.2) is 18.2 Å². The van der Waals surface area contributed by atoms with Crippen molar-refractivity contribution in [2.45, 2.75) is 37.6 Å². The van der Waals surface area contributed by atoms with Crippen LogP contribution in [0.1, 0.15) is 31.4 Å². The number of carbonyl (C=O) groups excluding carboxylic acids is 3. The number of ether oxygens (including phenoxy) is 1. The molecule has 0 aromatic heterocycles. The third-order valence-electron chi connectivity index (χ3n) is 6.37. The molecule has 7 nitrogen and oxygen atoms in total. The lowest BCUT2D eigenvalue weighted by atomic mass is 9.63. The molecule has 3 heterocycles. The molecule has 2 N–H and O–H groups in total. The van der Waals surface area contributed by atoms with Crippen LogP contribution in [0.5, 0.6) is 0 Å². The van der Waals surface area contributed by atoms with Crippen molar-refractivity contribution in [2.75, 3.05) is 4.90 Å². The van der Waals surface area contributed by atoms with Crippen LogP contribution >= 0.6 is 0 Å². The molecule has 3 saturated heterocycles. The summed E-state index contributed by atoms with van der Waals surface area (Å²) in [5.74, 6) is -4.85. The normalized spacial score (nSPS) is 35.7. The van der Waals surface area contributed by atoms with Gasteiger partial charge in [-0.05, 0) is 38.5 Å². The first-order valence-corrected chi connectivity index (χ1v) is 8.84. The molecular formula is C19H16F3N3O4. The van der Waals surface area contributed by atoms with E-state index in [0.29, 0.717) is 11.0 Å². The molecular weight excluding hydrogens is 391 g/mol. The second-order valence-corrected chi connectivity index (χ2v) is 8.06. The zero-order valence-electron chi connectivity index (χ0n) is 15.4. The predicted molar refractivity (Wildman–Crippen MR) is 90.8 cm³/mol. The molecule has 29 heavy (non-hydrogen) atoms. The Morgan fingerprint density at radius 1 is 1.28 bits per heavy atom. The number of anilines is 1. The Morgan fingerprint density at radius 3 is 2.45 bits per heavy atom. The van der Waals surface area contributed by atoms with E-state index in [1.54, 1.807) is 6.92 Å². The molecule has 3 amide bonds. The van der Waals surface area contributed by atoms with Gasteiger partial charge in [-0.1, -0.05) is 0 Å². The summed E-state index contributed by atoms with van der Waals surface area (Å²) < 4.78 is 45.9. The van der Waals surface area contributed by atoms with Gasteiger partial charge in [0.25, 0.3) is 0 Å². The van der Waals surface area contributed by atoms with Crippen molar-refractivity contribution in [1.29, 1.82) is 5.26 Å². The molecule has 0 radical (unpaired) electrons. The van der Waals surface area contributed by atoms with Gasteiger partial charge >= 0.3 is 6.18 Å². The maximum Gasteiger partial charge on any atom is 0.417 e. The molecule has 3 aliphatic rings. The molecule has 1 aromatic rings. The summed E-state index contributed by atoms with van der Waals surface area (Å²) in [5.41, 5.74) is 0.890. The van der Waals surface area contributed by atoms with E-state index in [4.69, 9.17) is 15.7 Å². The van der Waals surface area contributed by atoms with Crippen LogP contribution in [0.25, 0.3) is 0 Å². The maximum atomic E-state index is 13.3. The van der Waals surface area contributed by atoms with E-state index in [2.05, 4.69) is 0 Å². The standard InChI is InChI=1S/C19H16F3N3O4/c1-17-6-11(14(24)26)18(2,29-17)13-12(17)15(27)25(16(13)28)9-4-3-8(7-23)10(5-9)19(20,21)22/h3-5,11-13H,6H2,1-2H3,(H2,24,26)/t11-,12+,13-,17?,18?/m0/s1. The monoisotopic (exact) mass is 407 g/mol. The number of carbonyl (C=O) groups is 3. The van der Waals surface area contributed by atoms with Gasteiger partial charge in [-0.15, -0.1) is 0 Å². The number of nitrogens with two attached hydrogens (primary N) is 1. The van der Waals surface area contributed by atoms with Crippen LogP contribution in [0.3, 0.4) is 0 Å². The third kappa shape index (κ3) is 2.37. The van der Waals surface area contributed by atoms with Crippen LogP contribution in [-0.4, -0.2) is 28.9 Å². The Balaban J connectivity index is 1.81. The Labute approximate surface area is 163 Å². The van der Waals surface area contributed by atoms with Gasteiger partial charge in [-0.2, -0.15) is 18.4 Å². The van der Waals surface area contributed by atoms with Crippen molar-refractivity contribution in [3.05, 3.63) is 29.3 Å². The zero-order chi connectivity index (χ0) is 21.5. The first-order valence-electron chi connectivity index (χ1n) is 8.84. The summed E-state index contributed by atoms with van der Waals surface area (Å²) in [6, 6.07) is 4.13. The van der Waals surface area contributed by atoms with Crippen LogP contribution in [0.2, 0.25) is 0 Å². The summed E-state index contributed by atoms with van der Waals surface area (Å²) in [5, 5.41) is 8.94. The Morgan fingerprint density at radius 2 is 1.90 bits per heavy atom. The fraction of sp³-hybridized carbons (Fsp3) is 0.474. The first kappa shape index (κ1) is 19.4. The highest BCUT2D eigenvalue weighted by molar-refractivity contribution is 6.23. The number of nitriles is 1. The fourth-order valence-corrected chi connectivity index (χ4v) is 5.20. The second kappa shape index (κ2) is 5.57. The second-order valence-electron chi connectivity index (χ2n) is 8.06. The quantitative estimate of drug-likeness (QED) is 0.750. The molecule has 10 heteroatoms. The molecule has 0 aliphatic carbocycles. The number of rotatable bonds is 2. The van der Waals surface area contributed by atoms with Gasteiger partial charge in [0.15, 0.2) is 0 Å². The molecule has 3 aliphatic heterocycles. The lowest BCUT2D eigenvalue weighted by Crippen LogP contribution is -2.50. The van der Waals surface area contributed by atoms with Crippen molar-refractivity contribution < 1.29 is 32.3 Å². The van der Waals surface area contributed by atoms with Gasteiger partial charge < -0.3 is 10.5 Å². The van der Waals surface area contributed by atoms with E-state index in [1.807, 2.05) is 0 Å². The predicted octanol–water partition coefficient (Wildman–Crippen LogP) is 1.74. The molecule has 152 valence electrons. The minimum absolute atomic E-state index is 0.147. The van der Waals surface area contributed by atoms with Crippen LogP contribution < -0.4 is 10.6 Å². The summed E-state index contributed by atoms with van der Waals surface area (Å²) in [6.45, 7) is 3.14. The number of hydrogen-bond acceptors (Lipinski definition) is 5. The highest BCUT2D eigenvalue weighted by Crippen LogP contribution is 2.63. The Kier molecular flexibility index (Phi) is 3.72. The third-order valence-corrected chi connectivity index (χ3v) is 6.37. The van der Waals surface area contributed by atoms with Gasteiger partial charge in [0.2, 0.25) is 17.7 Å². The van der Waals surface area contributed by atoms with Crippen molar-refractivity contribution in [3.8, 4) is 6.07 Å². The average Bonchev–Trinajstić information content (AvgIpc) is 3.15. The largest absolute Gasteiger partial charge is 0.417 e. The molecule has 0 spiro atoms. The van der Waals surface area contributed by atoms with Crippen LogP contribution in [0, 0.1) is 29.1 Å². The molecule has 4 rings (SSSR count). The number of primary amides is 1. The average molecular weight is 407 g/mol. The Hall–Kier alpha value is -2.93. The Bertz CT molecular complexity index is 1020. The number of benzene rings is 1. The summed E-state index contributed by atoms with van der Waals surface area (Å²) in [6.07, 6.45) is -4.69. The van der Waals surface area contributed by atoms with Gasteiger partial charge in [-0.3, -0.25) is 14.4 Å². The highest BCUT2D eigenvalue weighted by atomic mass is 19.4. The van der Waals surface area contributed by atoms with E-state index in [-0.39, 0.29) is 12.1 Å². The number of imide groups is 1. The van der Waals surface area contributed by atoms with E-state index in [0.717, 1.165) is 12.1 Å². The topological polar surface area (TPSA) is 113 Å². The maximum absolute atomic E-state index is 13.3. The zero-order valence-corrected chi connectivity index (χ0v) is 15.4. The molecule has 0 saturated carbocycles. The van der Waals surface area contributed by atoms with Crippen molar-refractivity contribution in [2.24, 2.45) is 23.5 Å². The number of hydrogen-bond donors (Lipinski definition) is 1. The number of nitrogens with zero attached hydrogens (tertiary/aromatic N) is 2. The number of fused-ring (bicyclic) bond motifs is 5. The molecule has 5 atom stereocenters. The first-order chi connectivity index (χ1) is 13.3. The van der Waals surface area contributed by atoms with Crippen molar-refractivity contribution >= 4 is 23.4 Å². The van der Waals surface area contributed by atoms with E-state index in [9.17, 15) is 27.6 Å². The molecule has 3 fully saturated rings.